The second-order valence-electron chi connectivity index (χ2n) is 9.11. The fourth-order valence-electron chi connectivity index (χ4n) is 7.96. The second kappa shape index (κ2) is 4.83. The molecule has 0 aromatic rings. The maximum absolute atomic E-state index is 11.8. The average molecular weight is 286 g/mol. The summed E-state index contributed by atoms with van der Waals surface area (Å²) >= 11 is 0. The standard InChI is InChI=1S/C20H30O/c21-14-5-7-16-13(10-14)4-6-19-17(16)8-9-18-15-3-1-2-12(15)11-20(18)19/h12-13,15-20H,1-11H2. The Kier molecular flexibility index (Phi) is 3.02. The van der Waals surface area contributed by atoms with Crippen molar-refractivity contribution in [2.75, 3.05) is 0 Å². The molecule has 5 rings (SSSR count). The van der Waals surface area contributed by atoms with Crippen molar-refractivity contribution in [3.63, 3.8) is 0 Å². The van der Waals surface area contributed by atoms with Gasteiger partial charge in [-0.1, -0.05) is 12.8 Å². The first-order valence-electron chi connectivity index (χ1n) is 9.83. The van der Waals surface area contributed by atoms with Crippen molar-refractivity contribution in [3.05, 3.63) is 0 Å². The SMILES string of the molecule is O=C1CCC2C(CCC3C2CCC2C4CCCC4CC23)C1. The van der Waals surface area contributed by atoms with Gasteiger partial charge in [0.25, 0.3) is 0 Å². The number of carbonyl (C=O) groups is 1. The van der Waals surface area contributed by atoms with Crippen molar-refractivity contribution in [2.24, 2.45) is 47.3 Å². The van der Waals surface area contributed by atoms with Crippen LogP contribution in [0.25, 0.3) is 0 Å². The summed E-state index contributed by atoms with van der Waals surface area (Å²) in [7, 11) is 0. The van der Waals surface area contributed by atoms with Crippen LogP contribution >= 0.6 is 0 Å². The van der Waals surface area contributed by atoms with E-state index >= 15 is 0 Å². The van der Waals surface area contributed by atoms with Crippen LogP contribution in [0, 0.1) is 47.3 Å². The van der Waals surface area contributed by atoms with Gasteiger partial charge >= 0.3 is 0 Å². The molecule has 21 heavy (non-hydrogen) atoms. The van der Waals surface area contributed by atoms with E-state index in [9.17, 15) is 4.79 Å². The zero-order chi connectivity index (χ0) is 14.0. The van der Waals surface area contributed by atoms with Crippen LogP contribution in [-0.2, 0) is 4.79 Å². The normalized spacial score (nSPS) is 55.5. The van der Waals surface area contributed by atoms with Gasteiger partial charge in [-0.2, -0.15) is 0 Å². The molecule has 0 saturated heterocycles. The second-order valence-corrected chi connectivity index (χ2v) is 9.11. The molecular weight excluding hydrogens is 256 g/mol. The van der Waals surface area contributed by atoms with Gasteiger partial charge in [0, 0.05) is 12.8 Å². The van der Waals surface area contributed by atoms with Crippen molar-refractivity contribution in [3.8, 4) is 0 Å². The molecule has 116 valence electrons. The van der Waals surface area contributed by atoms with Crippen molar-refractivity contribution in [1.82, 2.24) is 0 Å². The summed E-state index contributed by atoms with van der Waals surface area (Å²) in [4.78, 5) is 11.8. The Balaban J connectivity index is 1.38. The first kappa shape index (κ1) is 13.1. The van der Waals surface area contributed by atoms with Crippen molar-refractivity contribution in [2.45, 2.75) is 70.6 Å². The molecule has 0 spiro atoms. The molecule has 5 aliphatic carbocycles. The molecular formula is C20H30O. The quantitative estimate of drug-likeness (QED) is 0.622. The van der Waals surface area contributed by atoms with E-state index in [1.54, 1.807) is 25.7 Å². The highest BCUT2D eigenvalue weighted by atomic mass is 16.1. The van der Waals surface area contributed by atoms with Crippen LogP contribution in [0.3, 0.4) is 0 Å². The van der Waals surface area contributed by atoms with Crippen LogP contribution in [-0.4, -0.2) is 5.78 Å². The smallest absolute Gasteiger partial charge is 0.133 e. The van der Waals surface area contributed by atoms with Crippen LogP contribution in [0.2, 0.25) is 0 Å². The zero-order valence-corrected chi connectivity index (χ0v) is 13.3. The van der Waals surface area contributed by atoms with Gasteiger partial charge in [0.2, 0.25) is 0 Å². The topological polar surface area (TPSA) is 17.1 Å². The van der Waals surface area contributed by atoms with E-state index < -0.39 is 0 Å². The third-order valence-electron chi connectivity index (χ3n) is 8.60. The van der Waals surface area contributed by atoms with Crippen molar-refractivity contribution in [1.29, 1.82) is 0 Å². The number of hydrogen-bond acceptors (Lipinski definition) is 1. The molecule has 0 radical (unpaired) electrons. The predicted octanol–water partition coefficient (Wildman–Crippen LogP) is 4.84. The summed E-state index contributed by atoms with van der Waals surface area (Å²) in [5.74, 6) is 8.80. The van der Waals surface area contributed by atoms with E-state index in [1.807, 2.05) is 0 Å². The van der Waals surface area contributed by atoms with E-state index in [2.05, 4.69) is 0 Å². The average Bonchev–Trinajstić information content (AvgIpc) is 3.07. The number of ketones is 1. The predicted molar refractivity (Wildman–Crippen MR) is 83.7 cm³/mol. The number of fused-ring (bicyclic) bond motifs is 7. The van der Waals surface area contributed by atoms with Gasteiger partial charge in [-0.3, -0.25) is 4.79 Å². The summed E-state index contributed by atoms with van der Waals surface area (Å²) in [5, 5.41) is 0. The Labute approximate surface area is 129 Å². The first-order chi connectivity index (χ1) is 10.3. The van der Waals surface area contributed by atoms with E-state index in [0.717, 1.165) is 60.2 Å². The van der Waals surface area contributed by atoms with E-state index in [4.69, 9.17) is 0 Å². The minimum absolute atomic E-state index is 0.568. The molecule has 0 aromatic carbocycles. The van der Waals surface area contributed by atoms with Crippen LogP contribution in [0.1, 0.15) is 70.6 Å². The Bertz CT molecular complexity index is 441. The largest absolute Gasteiger partial charge is 0.300 e. The van der Waals surface area contributed by atoms with Crippen molar-refractivity contribution >= 4 is 5.78 Å². The summed E-state index contributed by atoms with van der Waals surface area (Å²) in [6, 6.07) is 0. The fourth-order valence-corrected chi connectivity index (χ4v) is 7.96. The summed E-state index contributed by atoms with van der Waals surface area (Å²) in [6.07, 6.45) is 15.2. The van der Waals surface area contributed by atoms with Gasteiger partial charge in [-0.25, -0.2) is 0 Å². The summed E-state index contributed by atoms with van der Waals surface area (Å²) in [5.41, 5.74) is 0. The van der Waals surface area contributed by atoms with E-state index in [-0.39, 0.29) is 0 Å². The maximum atomic E-state index is 11.8. The van der Waals surface area contributed by atoms with E-state index in [1.165, 1.54) is 32.1 Å². The van der Waals surface area contributed by atoms with Crippen LogP contribution in [0.4, 0.5) is 0 Å². The van der Waals surface area contributed by atoms with Gasteiger partial charge in [-0.15, -0.1) is 0 Å². The van der Waals surface area contributed by atoms with Crippen molar-refractivity contribution < 1.29 is 4.79 Å². The summed E-state index contributed by atoms with van der Waals surface area (Å²) < 4.78 is 0. The molecule has 1 nitrogen and oxygen atoms in total. The van der Waals surface area contributed by atoms with Crippen LogP contribution < -0.4 is 0 Å². The molecule has 0 aliphatic heterocycles. The number of rotatable bonds is 0. The van der Waals surface area contributed by atoms with Gasteiger partial charge < -0.3 is 0 Å². The lowest BCUT2D eigenvalue weighted by molar-refractivity contribution is -0.126. The molecule has 1 heteroatoms. The molecule has 5 aliphatic rings. The molecule has 8 unspecified atom stereocenters. The van der Waals surface area contributed by atoms with Gasteiger partial charge in [-0.05, 0) is 92.3 Å². The number of carbonyl (C=O) groups excluding carboxylic acids is 1. The Hall–Kier alpha value is -0.330. The fraction of sp³-hybridized carbons (Fsp3) is 0.950. The molecule has 0 bridgehead atoms. The molecule has 5 fully saturated rings. The summed E-state index contributed by atoms with van der Waals surface area (Å²) in [6.45, 7) is 0. The minimum Gasteiger partial charge on any atom is -0.300 e. The Morgan fingerprint density at radius 3 is 2.24 bits per heavy atom. The molecule has 0 amide bonds. The highest BCUT2D eigenvalue weighted by Crippen LogP contribution is 2.62. The van der Waals surface area contributed by atoms with Gasteiger partial charge in [0.15, 0.2) is 0 Å². The minimum atomic E-state index is 0.568. The lowest BCUT2D eigenvalue weighted by Gasteiger charge is -2.52. The van der Waals surface area contributed by atoms with Crippen LogP contribution in [0.5, 0.6) is 0 Å². The van der Waals surface area contributed by atoms with Crippen LogP contribution in [0.15, 0.2) is 0 Å². The lowest BCUT2D eigenvalue weighted by Crippen LogP contribution is -2.45. The maximum Gasteiger partial charge on any atom is 0.133 e. The monoisotopic (exact) mass is 286 g/mol. The first-order valence-corrected chi connectivity index (χ1v) is 9.83. The highest BCUT2D eigenvalue weighted by Gasteiger charge is 2.54. The van der Waals surface area contributed by atoms with Gasteiger partial charge in [0.1, 0.15) is 5.78 Å². The van der Waals surface area contributed by atoms with E-state index in [0.29, 0.717) is 5.78 Å². The number of Topliss-reactive ketones (excluding diaryl/α,β-unsaturated/α-hetero) is 1. The highest BCUT2D eigenvalue weighted by molar-refractivity contribution is 5.79. The third-order valence-corrected chi connectivity index (χ3v) is 8.60. The molecule has 0 aromatic heterocycles. The molecule has 0 heterocycles. The zero-order valence-electron chi connectivity index (χ0n) is 13.3. The Morgan fingerprint density at radius 1 is 0.619 bits per heavy atom. The molecule has 5 saturated carbocycles. The number of hydrogen-bond donors (Lipinski definition) is 0. The molecule has 8 atom stereocenters. The Morgan fingerprint density at radius 2 is 1.33 bits per heavy atom. The lowest BCUT2D eigenvalue weighted by atomic mass is 9.53. The third kappa shape index (κ3) is 1.91. The van der Waals surface area contributed by atoms with Gasteiger partial charge in [0.05, 0.1) is 0 Å². The molecule has 0 N–H and O–H groups in total.